The van der Waals surface area contributed by atoms with Crippen LogP contribution in [-0.2, 0) is 0 Å². The van der Waals surface area contributed by atoms with E-state index >= 15 is 0 Å². The van der Waals surface area contributed by atoms with Crippen LogP contribution in [0, 0.1) is 11.3 Å². The fourth-order valence-electron chi connectivity index (χ4n) is 1.00. The molecule has 0 saturated carbocycles. The Balaban J connectivity index is 3.17. The molecule has 0 fully saturated rings. The second-order valence-corrected chi connectivity index (χ2v) is 4.00. The topological polar surface area (TPSA) is 38.8 Å². The zero-order valence-electron chi connectivity index (χ0n) is 8.38. The van der Waals surface area contributed by atoms with Crippen molar-refractivity contribution in [1.82, 2.24) is 0 Å². The van der Waals surface area contributed by atoms with Crippen molar-refractivity contribution in [2.45, 2.75) is 0 Å². The highest BCUT2D eigenvalue weighted by Crippen LogP contribution is 2.29. The van der Waals surface area contributed by atoms with E-state index in [1.54, 1.807) is 18.5 Å². The number of rotatable bonds is 2. The summed E-state index contributed by atoms with van der Waals surface area (Å²) in [5, 5.41) is 12.7. The van der Waals surface area contributed by atoms with Crippen molar-refractivity contribution in [1.29, 1.82) is 5.26 Å². The molecule has 15 heavy (non-hydrogen) atoms. The van der Waals surface area contributed by atoms with Gasteiger partial charge in [0.2, 0.25) is 6.34 Å². The third kappa shape index (κ3) is 3.12. The first-order valence-corrected chi connectivity index (χ1v) is 4.95. The summed E-state index contributed by atoms with van der Waals surface area (Å²) in [6, 6.07) is 5.19. The van der Waals surface area contributed by atoms with Gasteiger partial charge in [-0.25, -0.2) is 5.32 Å². The van der Waals surface area contributed by atoms with Gasteiger partial charge in [-0.05, 0) is 12.1 Å². The largest absolute Gasteiger partial charge is 0.273 e. The molecule has 0 radical (unpaired) electrons. The van der Waals surface area contributed by atoms with Crippen molar-refractivity contribution in [2.75, 3.05) is 19.4 Å². The van der Waals surface area contributed by atoms with Crippen molar-refractivity contribution in [2.24, 2.45) is 0 Å². The molecule has 0 spiro atoms. The molecule has 3 nitrogen and oxygen atoms in total. The minimum Gasteiger partial charge on any atom is -0.273 e. The van der Waals surface area contributed by atoms with E-state index in [0.717, 1.165) is 0 Å². The van der Waals surface area contributed by atoms with Crippen LogP contribution in [0.5, 0.6) is 0 Å². The van der Waals surface area contributed by atoms with Gasteiger partial charge in [-0.1, -0.05) is 23.2 Å². The SMILES string of the molecule is C[N+](C)=CNc1c(Cl)cc(Cl)cc1C#N. The Morgan fingerprint density at radius 1 is 1.40 bits per heavy atom. The number of nitriles is 1. The molecular weight excluding hydrogens is 233 g/mol. The maximum atomic E-state index is 8.90. The normalized spacial score (nSPS) is 9.27. The van der Waals surface area contributed by atoms with Gasteiger partial charge in [0.1, 0.15) is 11.6 Å². The molecule has 0 heterocycles. The van der Waals surface area contributed by atoms with E-state index in [-0.39, 0.29) is 0 Å². The molecular formula is C10H10Cl2N3+. The fourth-order valence-corrected chi connectivity index (χ4v) is 1.55. The van der Waals surface area contributed by atoms with E-state index in [9.17, 15) is 0 Å². The summed E-state index contributed by atoms with van der Waals surface area (Å²) in [6.45, 7) is 0. The second-order valence-electron chi connectivity index (χ2n) is 3.16. The van der Waals surface area contributed by atoms with Gasteiger partial charge in [-0.2, -0.15) is 5.26 Å². The molecule has 0 atom stereocenters. The molecule has 0 aliphatic carbocycles. The monoisotopic (exact) mass is 242 g/mol. The van der Waals surface area contributed by atoms with Gasteiger partial charge in [-0.15, -0.1) is 0 Å². The van der Waals surface area contributed by atoms with Crippen LogP contribution in [-0.4, -0.2) is 25.0 Å². The van der Waals surface area contributed by atoms with E-state index < -0.39 is 0 Å². The Hall–Kier alpha value is -1.24. The van der Waals surface area contributed by atoms with E-state index in [1.165, 1.54) is 0 Å². The van der Waals surface area contributed by atoms with E-state index in [4.69, 9.17) is 28.5 Å². The average Bonchev–Trinajstić information content (AvgIpc) is 2.14. The Bertz CT molecular complexity index is 443. The molecule has 5 heteroatoms. The van der Waals surface area contributed by atoms with Crippen molar-refractivity contribution in [3.8, 4) is 6.07 Å². The van der Waals surface area contributed by atoms with E-state index in [0.29, 0.717) is 21.3 Å². The van der Waals surface area contributed by atoms with Gasteiger partial charge in [0.15, 0.2) is 5.69 Å². The summed E-state index contributed by atoms with van der Waals surface area (Å²) in [4.78, 5) is 0. The lowest BCUT2D eigenvalue weighted by Crippen LogP contribution is -2.08. The number of anilines is 1. The summed E-state index contributed by atoms with van der Waals surface area (Å²) in [5.41, 5.74) is 0.989. The lowest BCUT2D eigenvalue weighted by atomic mass is 10.2. The van der Waals surface area contributed by atoms with Gasteiger partial charge in [0.05, 0.1) is 19.1 Å². The minimum atomic E-state index is 0.422. The average molecular weight is 243 g/mol. The standard InChI is InChI=1S/C10H9Cl2N3/c1-15(2)6-14-10-7(5-13)3-8(11)4-9(10)12/h3-4,6H,1-2H3/p+1. The number of halogens is 2. The molecule has 0 amide bonds. The number of benzene rings is 1. The van der Waals surface area contributed by atoms with Crippen LogP contribution < -0.4 is 5.32 Å². The van der Waals surface area contributed by atoms with Crippen molar-refractivity contribution >= 4 is 35.2 Å². The Kier molecular flexibility index (Phi) is 3.96. The Labute approximate surface area is 98.5 Å². The van der Waals surface area contributed by atoms with Crippen LogP contribution in [0.15, 0.2) is 12.1 Å². The van der Waals surface area contributed by atoms with Crippen LogP contribution in [0.3, 0.4) is 0 Å². The van der Waals surface area contributed by atoms with Gasteiger partial charge < -0.3 is 0 Å². The van der Waals surface area contributed by atoms with E-state index in [1.807, 2.05) is 24.7 Å². The van der Waals surface area contributed by atoms with E-state index in [2.05, 4.69) is 5.32 Å². The van der Waals surface area contributed by atoms with Crippen molar-refractivity contribution < 1.29 is 4.58 Å². The zero-order chi connectivity index (χ0) is 11.4. The molecule has 0 saturated heterocycles. The van der Waals surface area contributed by atoms with Crippen LogP contribution in [0.1, 0.15) is 5.56 Å². The van der Waals surface area contributed by atoms with Gasteiger partial charge in [0, 0.05) is 5.02 Å². The third-order valence-corrected chi connectivity index (χ3v) is 2.16. The Morgan fingerprint density at radius 2 is 2.07 bits per heavy atom. The van der Waals surface area contributed by atoms with Crippen LogP contribution in [0.2, 0.25) is 10.0 Å². The first-order chi connectivity index (χ1) is 7.04. The quantitative estimate of drug-likeness (QED) is 0.492. The lowest BCUT2D eigenvalue weighted by molar-refractivity contribution is -0.459. The number of nitrogens with zero attached hydrogens (tertiary/aromatic N) is 2. The predicted molar refractivity (Wildman–Crippen MR) is 63.0 cm³/mol. The van der Waals surface area contributed by atoms with Crippen LogP contribution in [0.4, 0.5) is 5.69 Å². The van der Waals surface area contributed by atoms with Gasteiger partial charge in [0.25, 0.3) is 0 Å². The smallest absolute Gasteiger partial charge is 0.236 e. The highest BCUT2D eigenvalue weighted by Gasteiger charge is 2.11. The number of nitrogens with one attached hydrogen (secondary N) is 1. The summed E-state index contributed by atoms with van der Waals surface area (Å²) < 4.78 is 1.81. The first-order valence-electron chi connectivity index (χ1n) is 4.20. The fraction of sp³-hybridized carbons (Fsp3) is 0.200. The molecule has 78 valence electrons. The first kappa shape index (κ1) is 11.8. The predicted octanol–water partition coefficient (Wildman–Crippen LogP) is 2.58. The number of hydrogen-bond donors (Lipinski definition) is 1. The van der Waals surface area contributed by atoms with Crippen molar-refractivity contribution in [3.05, 3.63) is 27.7 Å². The van der Waals surface area contributed by atoms with Crippen LogP contribution in [0.25, 0.3) is 0 Å². The zero-order valence-corrected chi connectivity index (χ0v) is 9.89. The molecule has 1 aromatic carbocycles. The maximum Gasteiger partial charge on any atom is 0.236 e. The van der Waals surface area contributed by atoms with Crippen LogP contribution >= 0.6 is 23.2 Å². The summed E-state index contributed by atoms with van der Waals surface area (Å²) in [7, 11) is 3.73. The molecule has 0 unspecified atom stereocenters. The molecule has 1 aromatic rings. The second kappa shape index (κ2) is 5.01. The van der Waals surface area contributed by atoms with Crippen molar-refractivity contribution in [3.63, 3.8) is 0 Å². The third-order valence-electron chi connectivity index (χ3n) is 1.64. The molecule has 1 rings (SSSR count). The number of hydrogen-bond acceptors (Lipinski definition) is 1. The molecule has 0 bridgehead atoms. The minimum absolute atomic E-state index is 0.422. The molecule has 0 aliphatic heterocycles. The van der Waals surface area contributed by atoms with Gasteiger partial charge in [-0.3, -0.25) is 4.58 Å². The lowest BCUT2D eigenvalue weighted by Gasteiger charge is -2.02. The summed E-state index contributed by atoms with van der Waals surface area (Å²) >= 11 is 11.7. The Morgan fingerprint density at radius 3 is 2.60 bits per heavy atom. The maximum absolute atomic E-state index is 8.90. The molecule has 1 N–H and O–H groups in total. The summed E-state index contributed by atoms with van der Waals surface area (Å²) in [6.07, 6.45) is 1.70. The summed E-state index contributed by atoms with van der Waals surface area (Å²) in [5.74, 6) is 0. The highest BCUT2D eigenvalue weighted by molar-refractivity contribution is 6.37. The molecule has 0 aliphatic rings. The highest BCUT2D eigenvalue weighted by atomic mass is 35.5. The molecule has 0 aromatic heterocycles. The van der Waals surface area contributed by atoms with Gasteiger partial charge >= 0.3 is 0 Å².